The van der Waals surface area contributed by atoms with Crippen LogP contribution in [0.4, 0.5) is 22.7 Å². The summed E-state index contributed by atoms with van der Waals surface area (Å²) in [6.07, 6.45) is 2.16. The largest absolute Gasteiger partial charge is 0.458 e. The van der Waals surface area contributed by atoms with E-state index in [2.05, 4.69) is 216 Å². The van der Waals surface area contributed by atoms with Crippen LogP contribution in [-0.4, -0.2) is 26.4 Å². The van der Waals surface area contributed by atoms with Crippen molar-refractivity contribution in [3.8, 4) is 79.4 Å². The third-order valence-corrected chi connectivity index (χ3v) is 21.0. The molecule has 22 rings (SSSR count). The minimum Gasteiger partial charge on any atom is -0.458 e. The van der Waals surface area contributed by atoms with Crippen LogP contribution < -0.4 is 77.7 Å². The van der Waals surface area contributed by atoms with Gasteiger partial charge in [0.25, 0.3) is 20.1 Å². The van der Waals surface area contributed by atoms with Gasteiger partial charge in [-0.3, -0.25) is 4.31 Å². The van der Waals surface area contributed by atoms with E-state index < -0.39 is 0 Å². The molecule has 0 saturated heterocycles. The Hall–Kier alpha value is -11.4. The van der Waals surface area contributed by atoms with E-state index >= 15 is 0 Å². The number of hydrogen-bond donors (Lipinski definition) is 1. The molecule has 9 nitrogen and oxygen atoms in total. The van der Waals surface area contributed by atoms with Crippen molar-refractivity contribution in [1.29, 1.82) is 0 Å². The quantitative estimate of drug-likeness (QED) is 0.136. The van der Waals surface area contributed by atoms with E-state index in [1.54, 1.807) is 11.9 Å². The van der Waals surface area contributed by atoms with Gasteiger partial charge in [0.15, 0.2) is 0 Å². The first-order valence-electron chi connectivity index (χ1n) is 31.1. The molecule has 3 aromatic heterocycles. The molecule has 0 bridgehead atoms. The number of benzene rings is 13. The zero-order valence-corrected chi connectivity index (χ0v) is 49.8. The fourth-order valence-corrected chi connectivity index (χ4v) is 17.0. The molecule has 6 aliphatic heterocycles. The molecule has 13 heteroatoms. The Kier molecular flexibility index (Phi) is 9.65. The van der Waals surface area contributed by atoms with Gasteiger partial charge in [0.1, 0.15) is 79.5 Å². The molecular formula is C79H43B3N2O7S. The van der Waals surface area contributed by atoms with E-state index in [0.717, 1.165) is 217 Å². The van der Waals surface area contributed by atoms with Gasteiger partial charge >= 0.3 is 0 Å². The summed E-state index contributed by atoms with van der Waals surface area (Å²) < 4.78 is 51.4. The maximum Gasteiger partial charge on any atom is 0.260 e. The smallest absolute Gasteiger partial charge is 0.260 e. The average molecular weight is 1200 g/mol. The molecule has 0 atom stereocenters. The van der Waals surface area contributed by atoms with E-state index in [9.17, 15) is 0 Å². The van der Waals surface area contributed by atoms with Gasteiger partial charge in [-0.25, -0.2) is 0 Å². The SMILES string of the molecule is CSN1c2cc3c(cc2B2c4cc5c(cc4Oc4cc(-c6cccc7c6oc6ccccc67)cc1c42)Nc1cc(-c2cccc4c2oc2ccccc24)cc2c1B5c1ccccc1O2)B1c2ccccc2Oc2cc(-c4cccc5c4oc4ccccc45)cc(c21)O3. The van der Waals surface area contributed by atoms with Gasteiger partial charge in [-0.2, -0.15) is 0 Å². The Bertz CT molecular complexity index is 6070. The van der Waals surface area contributed by atoms with Gasteiger partial charge in [0.05, 0.1) is 11.4 Å². The zero-order valence-electron chi connectivity index (χ0n) is 49.0. The predicted octanol–water partition coefficient (Wildman–Crippen LogP) is 15.1. The highest BCUT2D eigenvalue weighted by atomic mass is 32.2. The predicted molar refractivity (Wildman–Crippen MR) is 376 cm³/mol. The highest BCUT2D eigenvalue weighted by molar-refractivity contribution is 8.00. The Labute approximate surface area is 530 Å². The van der Waals surface area contributed by atoms with Gasteiger partial charge in [0, 0.05) is 84.2 Å². The molecular weight excluding hydrogens is 1150 g/mol. The lowest BCUT2D eigenvalue weighted by molar-refractivity contribution is 0.465. The number of furan rings is 3. The fraction of sp³-hybridized carbons (Fsp3) is 0.0127. The van der Waals surface area contributed by atoms with E-state index in [-0.39, 0.29) is 20.1 Å². The summed E-state index contributed by atoms with van der Waals surface area (Å²) >= 11 is 1.68. The Morgan fingerprint density at radius 3 is 1.28 bits per heavy atom. The van der Waals surface area contributed by atoms with Crippen molar-refractivity contribution in [2.24, 2.45) is 0 Å². The fourth-order valence-electron chi connectivity index (χ4n) is 16.3. The van der Waals surface area contributed by atoms with Crippen molar-refractivity contribution in [3.05, 3.63) is 237 Å². The van der Waals surface area contributed by atoms with Gasteiger partial charge < -0.3 is 37.5 Å². The topological polar surface area (TPSA) is 91.6 Å². The summed E-state index contributed by atoms with van der Waals surface area (Å²) in [6.45, 7) is -0.663. The summed E-state index contributed by atoms with van der Waals surface area (Å²) in [4.78, 5) is 0. The lowest BCUT2D eigenvalue weighted by atomic mass is 9.30. The van der Waals surface area contributed by atoms with Crippen LogP contribution in [0.3, 0.4) is 0 Å². The van der Waals surface area contributed by atoms with Gasteiger partial charge in [-0.05, 0) is 139 Å². The molecule has 0 radical (unpaired) electrons. The van der Waals surface area contributed by atoms with E-state index in [1.165, 1.54) is 0 Å². The molecule has 92 heavy (non-hydrogen) atoms. The number of anilines is 4. The molecule has 0 spiro atoms. The highest BCUT2D eigenvalue weighted by Crippen LogP contribution is 2.49. The second-order valence-corrected chi connectivity index (χ2v) is 25.6. The minimum atomic E-state index is -0.279. The standard InChI is InChI=1S/C79H43B3N2O7S/c1-92-84-61-40-69-58(81-54-25-6-11-30-67(54)86-72-35-43(36-73(88-69)76(72)81)46-20-14-23-52-49-17-4-9-28-65(49)91-79(46)52)38-56(61)82-57-37-55-59(39-68(57)87-71-34-42(32-62(84)75(71)82)45-19-13-22-51-48-16-3-8-27-64(48)90-78(45)51)83-60-31-41(33-70-74(60)80(55)53-24-5-10-29-66(53)85-70)44-18-12-21-50-47-15-2-7-26-63(47)89-77(44)50/h2-40,83H,1H3. The van der Waals surface area contributed by atoms with Crippen LogP contribution in [0.2, 0.25) is 0 Å². The number of nitrogens with one attached hydrogen (secondary N) is 1. The molecule has 0 saturated carbocycles. The Morgan fingerprint density at radius 2 is 0.728 bits per heavy atom. The van der Waals surface area contributed by atoms with Gasteiger partial charge in [-0.15, -0.1) is 0 Å². The van der Waals surface area contributed by atoms with E-state index in [1.807, 2.05) is 36.4 Å². The summed E-state index contributed by atoms with van der Waals surface area (Å²) in [5.74, 6) is 6.31. The molecule has 0 unspecified atom stereocenters. The van der Waals surface area contributed by atoms with Crippen LogP contribution in [0.15, 0.2) is 250 Å². The first-order chi connectivity index (χ1) is 45.5. The van der Waals surface area contributed by atoms with Crippen molar-refractivity contribution < 1.29 is 32.2 Å². The maximum atomic E-state index is 7.54. The van der Waals surface area contributed by atoms with Crippen LogP contribution >= 0.6 is 11.9 Å². The lowest BCUT2D eigenvalue weighted by Crippen LogP contribution is -2.64. The summed E-state index contributed by atoms with van der Waals surface area (Å²) in [6, 6.07) is 83.7. The first kappa shape index (κ1) is 49.5. The van der Waals surface area contributed by atoms with Crippen LogP contribution in [0.25, 0.3) is 99.2 Å². The molecule has 16 aromatic rings. The van der Waals surface area contributed by atoms with Gasteiger partial charge in [0.2, 0.25) is 0 Å². The summed E-state index contributed by atoms with van der Waals surface area (Å²) in [5, 5.41) is 10.4. The van der Waals surface area contributed by atoms with Crippen molar-refractivity contribution in [2.45, 2.75) is 0 Å². The lowest BCUT2D eigenvalue weighted by Gasteiger charge is -2.41. The first-order valence-corrected chi connectivity index (χ1v) is 32.3. The number of ether oxygens (including phenoxy) is 4. The number of fused-ring (bicyclic) bond motifs is 21. The number of para-hydroxylation sites is 8. The van der Waals surface area contributed by atoms with Crippen LogP contribution in [-0.2, 0) is 0 Å². The van der Waals surface area contributed by atoms with Gasteiger partial charge in [-0.1, -0.05) is 158 Å². The molecule has 1 N–H and O–H groups in total. The van der Waals surface area contributed by atoms with Crippen molar-refractivity contribution in [3.63, 3.8) is 0 Å². The molecule has 0 aliphatic carbocycles. The van der Waals surface area contributed by atoms with Crippen molar-refractivity contribution in [2.75, 3.05) is 15.9 Å². The van der Waals surface area contributed by atoms with Crippen molar-refractivity contribution in [1.82, 2.24) is 0 Å². The second kappa shape index (κ2) is 17.9. The third-order valence-electron chi connectivity index (χ3n) is 20.2. The zero-order chi connectivity index (χ0) is 59.8. The van der Waals surface area contributed by atoms with Crippen LogP contribution in [0.1, 0.15) is 0 Å². The molecule has 426 valence electrons. The van der Waals surface area contributed by atoms with Crippen molar-refractivity contribution >= 4 is 170 Å². The third kappa shape index (κ3) is 6.61. The Balaban J connectivity index is 0.761. The van der Waals surface area contributed by atoms with Crippen LogP contribution in [0.5, 0.6) is 46.0 Å². The maximum absolute atomic E-state index is 7.54. The molecule has 9 heterocycles. The molecule has 13 aromatic carbocycles. The Morgan fingerprint density at radius 1 is 0.304 bits per heavy atom. The van der Waals surface area contributed by atoms with E-state index in [0.29, 0.717) is 0 Å². The monoisotopic (exact) mass is 1200 g/mol. The second-order valence-electron chi connectivity index (χ2n) is 24.9. The number of nitrogens with zero attached hydrogens (tertiary/aromatic N) is 1. The molecule has 6 aliphatic rings. The minimum absolute atomic E-state index is 0.171. The highest BCUT2D eigenvalue weighted by Gasteiger charge is 2.48. The molecule has 0 amide bonds. The number of rotatable bonds is 4. The van der Waals surface area contributed by atoms with E-state index in [4.69, 9.17) is 32.2 Å². The molecule has 0 fully saturated rings. The number of hydrogen-bond acceptors (Lipinski definition) is 10. The normalized spacial score (nSPS) is 13.9. The average Bonchev–Trinajstić information content (AvgIpc) is 0.922. The summed E-state index contributed by atoms with van der Waals surface area (Å²) in [5.41, 5.74) is 24.7. The summed E-state index contributed by atoms with van der Waals surface area (Å²) in [7, 11) is 0. The van der Waals surface area contributed by atoms with Crippen LogP contribution in [0, 0.1) is 0 Å².